The number of ketones is 1. The Labute approximate surface area is 461 Å². The van der Waals surface area contributed by atoms with Crippen LogP contribution >= 0.6 is 23.2 Å². The molecule has 2 N–H and O–H groups in total. The van der Waals surface area contributed by atoms with Crippen LogP contribution in [0.25, 0.3) is 11.3 Å². The van der Waals surface area contributed by atoms with Gasteiger partial charge in [0.05, 0.1) is 41.6 Å². The number of sulfone groups is 1. The lowest BCUT2D eigenvalue weighted by Crippen LogP contribution is -2.73. The molecule has 5 heterocycles. The maximum atomic E-state index is 17.7. The molecule has 16 heteroatoms. The molecular weight excluding hydrogens is 1020 g/mol. The van der Waals surface area contributed by atoms with Crippen molar-refractivity contribution >= 4 is 38.8 Å². The number of likely N-dealkylation sites (tertiary alicyclic amines) is 2. The minimum absolute atomic E-state index is 0.0351. The predicted octanol–water partition coefficient (Wildman–Crippen LogP) is 8.41. The van der Waals surface area contributed by atoms with E-state index in [1.54, 1.807) is 7.11 Å². The fraction of sp³-hybridized carbons (Fsp3) is 0.533. The summed E-state index contributed by atoms with van der Waals surface area (Å²) in [5, 5.41) is 9.61. The fourth-order valence-electron chi connectivity index (χ4n) is 15.2. The van der Waals surface area contributed by atoms with Crippen LogP contribution in [0, 0.1) is 16.7 Å². The Morgan fingerprint density at radius 2 is 1.59 bits per heavy atom. The molecule has 13 nitrogen and oxygen atoms in total. The third kappa shape index (κ3) is 10.1. The summed E-state index contributed by atoms with van der Waals surface area (Å²) in [5.74, 6) is 2.61. The fourth-order valence-corrected chi connectivity index (χ4v) is 16.1. The average Bonchev–Trinajstić information content (AvgIpc) is 4.17. The van der Waals surface area contributed by atoms with Gasteiger partial charge in [-0.2, -0.15) is 0 Å². The summed E-state index contributed by atoms with van der Waals surface area (Å²) >= 11 is 13.3. The van der Waals surface area contributed by atoms with E-state index in [4.69, 9.17) is 37.7 Å². The van der Waals surface area contributed by atoms with E-state index in [1.165, 1.54) is 17.4 Å². The number of carbonyl (C=O) groups excluding carboxylic acids is 1. The van der Waals surface area contributed by atoms with Crippen molar-refractivity contribution in [3.05, 3.63) is 136 Å². The predicted molar refractivity (Wildman–Crippen MR) is 304 cm³/mol. The van der Waals surface area contributed by atoms with Gasteiger partial charge in [0.25, 0.3) is 0 Å². The van der Waals surface area contributed by atoms with Gasteiger partial charge in [-0.15, -0.1) is 0 Å². The van der Waals surface area contributed by atoms with E-state index in [2.05, 4.69) is 123 Å². The molecule has 76 heavy (non-hydrogen) atoms. The number of benzene rings is 4. The van der Waals surface area contributed by atoms with Crippen LogP contribution in [0.4, 0.5) is 0 Å². The van der Waals surface area contributed by atoms with Gasteiger partial charge in [-0.3, -0.25) is 19.5 Å². The van der Waals surface area contributed by atoms with E-state index in [0.717, 1.165) is 54.9 Å². The normalized spacial score (nSPS) is 31.0. The van der Waals surface area contributed by atoms with Crippen LogP contribution < -0.4 is 15.4 Å². The molecule has 1 spiro atoms. The lowest BCUT2D eigenvalue weighted by Gasteiger charge is -2.57. The molecule has 4 aliphatic heterocycles. The van der Waals surface area contributed by atoms with Gasteiger partial charge in [0.2, 0.25) is 0 Å². The third-order valence-electron chi connectivity index (χ3n) is 18.5. The molecule has 2 bridgehead atoms. The molecule has 10 rings (SSSR count). The smallest absolute Gasteiger partial charge is 0.153 e. The molecule has 4 saturated heterocycles. The number of rotatable bonds is 17. The van der Waals surface area contributed by atoms with Gasteiger partial charge >= 0.3 is 0 Å². The largest absolute Gasteiger partial charge is 0.457 e. The zero-order valence-electron chi connectivity index (χ0n) is 45.8. The molecule has 7 unspecified atom stereocenters. The molecule has 5 aromatic rings. The number of imidazole rings is 1. The number of aromatic nitrogens is 2. The van der Waals surface area contributed by atoms with Crippen molar-refractivity contribution in [3.8, 4) is 22.8 Å². The quantitative estimate of drug-likeness (QED) is 0.0930. The van der Waals surface area contributed by atoms with Crippen molar-refractivity contribution in [2.45, 2.75) is 120 Å². The van der Waals surface area contributed by atoms with Gasteiger partial charge in [-0.05, 0) is 139 Å². The van der Waals surface area contributed by atoms with Crippen LogP contribution in [0.15, 0.2) is 103 Å². The molecule has 0 amide bonds. The first kappa shape index (κ1) is 55.1. The molecule has 1 aromatic heterocycles. The number of piperidine rings is 1. The highest BCUT2D eigenvalue weighted by Crippen LogP contribution is 2.63. The molecule has 0 radical (unpaired) electrons. The Morgan fingerprint density at radius 3 is 2.28 bits per heavy atom. The zero-order chi connectivity index (χ0) is 53.8. The Balaban J connectivity index is 1.14. The van der Waals surface area contributed by atoms with Crippen LogP contribution in [0.2, 0.25) is 10.0 Å². The second-order valence-electron chi connectivity index (χ2n) is 23.2. The van der Waals surface area contributed by atoms with Crippen molar-refractivity contribution in [1.29, 1.82) is 0 Å². The standard InChI is InChI=1S/C60H78Cl2N8O5S/c1-10-59-53-30-43(28-39-14-12-11-13-15-39)56(59)67(5)38(2)33-63-52-32-46(29-40-16-21-44(61)22-17-40)68(6)57-48(37-74-8)65-55(60(52,57)58(59)71)49(26-27-76(9,72)73)70(53)35-42-18-23-45(62)31-51(42)75-47-24-19-41(20-25-47)50-34-64-54(69(50)7)36-66(3)4/h11-25,31,34,38,43,46,48-49,52-53,55-57,63,65H,10,26-30,32-33,35-37H2,1-9H3/t38-,43+,46-,48+,49-,52?,53?,55?,56?,57?,59?,60?/m0/s1. The second-order valence-corrected chi connectivity index (χ2v) is 26.3. The molecule has 1 aliphatic carbocycles. The highest BCUT2D eigenvalue weighted by atomic mass is 35.5. The summed E-state index contributed by atoms with van der Waals surface area (Å²) in [6.45, 7) is 6.77. The number of carbonyl (C=O) groups is 1. The number of nitrogens with zero attached hydrogens (tertiary/aromatic N) is 6. The van der Waals surface area contributed by atoms with Crippen LogP contribution in [-0.2, 0) is 52.3 Å². The average molecular weight is 1090 g/mol. The second kappa shape index (κ2) is 22.2. The summed E-state index contributed by atoms with van der Waals surface area (Å²) in [6.07, 6.45) is 7.26. The van der Waals surface area contributed by atoms with Gasteiger partial charge in [0.15, 0.2) is 5.78 Å². The number of ether oxygens (including phenoxy) is 2. The van der Waals surface area contributed by atoms with Crippen molar-refractivity contribution in [2.75, 3.05) is 60.5 Å². The Hall–Kier alpha value is -4.19. The van der Waals surface area contributed by atoms with Crippen molar-refractivity contribution in [2.24, 2.45) is 23.8 Å². The molecule has 5 aliphatic rings. The minimum Gasteiger partial charge on any atom is -0.457 e. The van der Waals surface area contributed by atoms with E-state index >= 15 is 4.79 Å². The summed E-state index contributed by atoms with van der Waals surface area (Å²) in [7, 11) is 8.87. The monoisotopic (exact) mass is 1090 g/mol. The van der Waals surface area contributed by atoms with E-state index in [9.17, 15) is 8.42 Å². The Bertz CT molecular complexity index is 2960. The number of nitrogens with one attached hydrogen (secondary N) is 2. The number of methoxy groups -OCH3 is 1. The van der Waals surface area contributed by atoms with Crippen molar-refractivity contribution in [3.63, 3.8) is 0 Å². The topological polar surface area (TPSA) is 125 Å². The van der Waals surface area contributed by atoms with Gasteiger partial charge in [-0.25, -0.2) is 13.4 Å². The van der Waals surface area contributed by atoms with Crippen molar-refractivity contribution < 1.29 is 22.7 Å². The maximum absolute atomic E-state index is 17.7. The third-order valence-corrected chi connectivity index (χ3v) is 20.0. The number of hydrogen-bond donors (Lipinski definition) is 2. The summed E-state index contributed by atoms with van der Waals surface area (Å²) in [4.78, 5) is 32.2. The van der Waals surface area contributed by atoms with Gasteiger partial charge in [0.1, 0.15) is 27.2 Å². The van der Waals surface area contributed by atoms with E-state index in [0.29, 0.717) is 59.9 Å². The lowest BCUT2D eigenvalue weighted by molar-refractivity contribution is -0.154. The maximum Gasteiger partial charge on any atom is 0.153 e. The van der Waals surface area contributed by atoms with Gasteiger partial charge < -0.3 is 29.6 Å². The number of halogens is 2. The molecule has 408 valence electrons. The minimum atomic E-state index is -3.46. The van der Waals surface area contributed by atoms with Gasteiger partial charge in [0, 0.05) is 109 Å². The van der Waals surface area contributed by atoms with Gasteiger partial charge in [-0.1, -0.05) is 78.7 Å². The number of Topliss-reactive ketones (excluding diaryl/α,β-unsaturated/α-hetero) is 1. The SMILES string of the molecule is CCC12C(=O)C34C5C[C@H](Cc6ccc(Cl)cc6)N(C)C3[C@@H](COC)NC4[C@H](CCS(C)(=O)=O)N(Cc3ccc(Cl)cc3Oc3ccc(-c4cnc(CN(C)C)n4C)cc3)C1C[C@@H](Cc1ccccc1)C2N(C)[C@@H](C)CN5. The highest BCUT2D eigenvalue weighted by Gasteiger charge is 2.77. The van der Waals surface area contributed by atoms with Crippen LogP contribution in [-0.4, -0.2) is 158 Å². The first-order valence-corrected chi connectivity index (χ1v) is 30.1. The summed E-state index contributed by atoms with van der Waals surface area (Å²) < 4.78 is 42.6. The zero-order valence-corrected chi connectivity index (χ0v) is 48.1. The summed E-state index contributed by atoms with van der Waals surface area (Å²) in [6, 6.07) is 31.0. The Morgan fingerprint density at radius 1 is 0.882 bits per heavy atom. The van der Waals surface area contributed by atoms with E-state index in [1.807, 2.05) is 63.7 Å². The van der Waals surface area contributed by atoms with Crippen LogP contribution in [0.1, 0.15) is 62.0 Å². The number of hydrogen-bond acceptors (Lipinski definition) is 12. The summed E-state index contributed by atoms with van der Waals surface area (Å²) in [5.41, 5.74) is 3.50. The molecule has 4 aromatic carbocycles. The lowest BCUT2D eigenvalue weighted by atomic mass is 9.54. The molecule has 5 fully saturated rings. The first-order chi connectivity index (χ1) is 36.4. The van der Waals surface area contributed by atoms with E-state index < -0.39 is 32.8 Å². The first-order valence-electron chi connectivity index (χ1n) is 27.3. The molecule has 1 saturated carbocycles. The Kier molecular flexibility index (Phi) is 16.1. The van der Waals surface area contributed by atoms with Crippen molar-refractivity contribution in [1.82, 2.24) is 39.8 Å². The number of likely N-dealkylation sites (N-methyl/N-ethyl adjacent to an activating group) is 2. The van der Waals surface area contributed by atoms with Crippen LogP contribution in [0.3, 0.4) is 0 Å². The molecule has 12 atom stereocenters. The highest BCUT2D eigenvalue weighted by molar-refractivity contribution is 7.90. The molecular formula is C60H78Cl2N8O5S. The van der Waals surface area contributed by atoms with Crippen LogP contribution in [0.5, 0.6) is 11.5 Å². The van der Waals surface area contributed by atoms with E-state index in [-0.39, 0.29) is 54.0 Å².